The molecule has 0 spiro atoms. The second-order valence-electron chi connectivity index (χ2n) is 3.95. The van der Waals surface area contributed by atoms with E-state index in [1.54, 1.807) is 25.1 Å². The minimum absolute atomic E-state index is 0.130. The van der Waals surface area contributed by atoms with Gasteiger partial charge in [0.25, 0.3) is 0 Å². The SMILES string of the molecule is CCOC(C)(CC)C(=O)c1cccc(Cl)c1Cl. The molecule has 1 aromatic carbocycles. The molecule has 0 aliphatic heterocycles. The van der Waals surface area contributed by atoms with Crippen LogP contribution in [0.15, 0.2) is 18.2 Å². The van der Waals surface area contributed by atoms with Crippen molar-refractivity contribution >= 4 is 29.0 Å². The lowest BCUT2D eigenvalue weighted by atomic mass is 9.92. The van der Waals surface area contributed by atoms with E-state index in [-0.39, 0.29) is 5.78 Å². The molecule has 0 aromatic heterocycles. The van der Waals surface area contributed by atoms with Crippen LogP contribution in [0.25, 0.3) is 0 Å². The van der Waals surface area contributed by atoms with Gasteiger partial charge in [0, 0.05) is 12.2 Å². The number of Topliss-reactive ketones (excluding diaryl/α,β-unsaturated/α-hetero) is 1. The first-order chi connectivity index (χ1) is 7.96. The first-order valence-electron chi connectivity index (χ1n) is 5.59. The molecule has 0 saturated heterocycles. The van der Waals surface area contributed by atoms with Crippen molar-refractivity contribution in [2.75, 3.05) is 6.61 Å². The van der Waals surface area contributed by atoms with Crippen LogP contribution < -0.4 is 0 Å². The summed E-state index contributed by atoms with van der Waals surface area (Å²) < 4.78 is 5.54. The maximum absolute atomic E-state index is 12.4. The fraction of sp³-hybridized carbons (Fsp3) is 0.462. The molecule has 0 fully saturated rings. The van der Waals surface area contributed by atoms with E-state index < -0.39 is 5.60 Å². The van der Waals surface area contributed by atoms with E-state index in [4.69, 9.17) is 27.9 Å². The maximum atomic E-state index is 12.4. The van der Waals surface area contributed by atoms with E-state index in [9.17, 15) is 4.79 Å². The minimum atomic E-state index is -0.844. The molecule has 1 rings (SSSR count). The Labute approximate surface area is 112 Å². The standard InChI is InChI=1S/C13H16Cl2O2/c1-4-13(3,17-5-2)12(16)9-7-6-8-10(14)11(9)15/h6-8H,4-5H2,1-3H3. The van der Waals surface area contributed by atoms with Crippen LogP contribution in [-0.2, 0) is 4.74 Å². The third-order valence-corrected chi connectivity index (χ3v) is 3.63. The minimum Gasteiger partial charge on any atom is -0.367 e. The molecule has 0 saturated carbocycles. The molecule has 1 atom stereocenters. The highest BCUT2D eigenvalue weighted by molar-refractivity contribution is 6.44. The van der Waals surface area contributed by atoms with Gasteiger partial charge in [-0.3, -0.25) is 4.79 Å². The van der Waals surface area contributed by atoms with E-state index in [1.807, 2.05) is 13.8 Å². The summed E-state index contributed by atoms with van der Waals surface area (Å²) in [7, 11) is 0. The second kappa shape index (κ2) is 5.85. The zero-order chi connectivity index (χ0) is 13.1. The Morgan fingerprint density at radius 3 is 2.53 bits per heavy atom. The molecule has 1 aromatic rings. The molecule has 0 radical (unpaired) electrons. The van der Waals surface area contributed by atoms with Gasteiger partial charge in [-0.05, 0) is 32.4 Å². The van der Waals surface area contributed by atoms with Crippen LogP contribution in [0.3, 0.4) is 0 Å². The highest BCUT2D eigenvalue weighted by Gasteiger charge is 2.34. The molecule has 0 N–H and O–H groups in total. The van der Waals surface area contributed by atoms with Crippen molar-refractivity contribution in [1.29, 1.82) is 0 Å². The van der Waals surface area contributed by atoms with Gasteiger partial charge in [-0.2, -0.15) is 0 Å². The lowest BCUT2D eigenvalue weighted by molar-refractivity contribution is -0.0115. The van der Waals surface area contributed by atoms with E-state index in [2.05, 4.69) is 0 Å². The van der Waals surface area contributed by atoms with Gasteiger partial charge >= 0.3 is 0 Å². The van der Waals surface area contributed by atoms with Crippen molar-refractivity contribution < 1.29 is 9.53 Å². The van der Waals surface area contributed by atoms with Crippen LogP contribution in [0.2, 0.25) is 10.0 Å². The summed E-state index contributed by atoms with van der Waals surface area (Å²) in [5, 5.41) is 0.672. The van der Waals surface area contributed by atoms with E-state index in [0.717, 1.165) is 0 Å². The summed E-state index contributed by atoms with van der Waals surface area (Å²) in [4.78, 5) is 12.4. The van der Waals surface area contributed by atoms with Crippen molar-refractivity contribution in [3.8, 4) is 0 Å². The van der Waals surface area contributed by atoms with E-state index >= 15 is 0 Å². The van der Waals surface area contributed by atoms with Crippen molar-refractivity contribution in [3.05, 3.63) is 33.8 Å². The predicted octanol–water partition coefficient (Wildman–Crippen LogP) is 4.38. The highest BCUT2D eigenvalue weighted by atomic mass is 35.5. The fourth-order valence-corrected chi connectivity index (χ4v) is 2.00. The van der Waals surface area contributed by atoms with Crippen LogP contribution >= 0.6 is 23.2 Å². The molecule has 0 bridgehead atoms. The van der Waals surface area contributed by atoms with Crippen molar-refractivity contribution in [3.63, 3.8) is 0 Å². The number of ether oxygens (including phenoxy) is 1. The molecule has 1 unspecified atom stereocenters. The highest BCUT2D eigenvalue weighted by Crippen LogP contribution is 2.30. The number of benzene rings is 1. The van der Waals surface area contributed by atoms with Gasteiger partial charge in [-0.1, -0.05) is 36.2 Å². The van der Waals surface area contributed by atoms with Gasteiger partial charge in [0.1, 0.15) is 5.60 Å². The average molecular weight is 275 g/mol. The monoisotopic (exact) mass is 274 g/mol. The normalized spacial score (nSPS) is 14.4. The average Bonchev–Trinajstić information content (AvgIpc) is 2.32. The lowest BCUT2D eigenvalue weighted by Crippen LogP contribution is -2.38. The summed E-state index contributed by atoms with van der Waals surface area (Å²) in [6, 6.07) is 5.04. The Morgan fingerprint density at radius 1 is 1.35 bits per heavy atom. The maximum Gasteiger partial charge on any atom is 0.195 e. The molecule has 2 nitrogen and oxygen atoms in total. The number of hydrogen-bond acceptors (Lipinski definition) is 2. The van der Waals surface area contributed by atoms with Crippen LogP contribution in [0.5, 0.6) is 0 Å². The van der Waals surface area contributed by atoms with Crippen molar-refractivity contribution in [2.45, 2.75) is 32.8 Å². The van der Waals surface area contributed by atoms with Gasteiger partial charge in [0.15, 0.2) is 5.78 Å². The molecule has 0 aliphatic carbocycles. The zero-order valence-electron chi connectivity index (χ0n) is 10.2. The predicted molar refractivity (Wildman–Crippen MR) is 71.1 cm³/mol. The van der Waals surface area contributed by atoms with Crippen LogP contribution in [0.4, 0.5) is 0 Å². The molecule has 94 valence electrons. The molecule has 0 aliphatic rings. The van der Waals surface area contributed by atoms with Gasteiger partial charge < -0.3 is 4.74 Å². The topological polar surface area (TPSA) is 26.3 Å². The smallest absolute Gasteiger partial charge is 0.195 e. The summed E-state index contributed by atoms with van der Waals surface area (Å²) in [5.74, 6) is -0.130. The number of carbonyl (C=O) groups is 1. The van der Waals surface area contributed by atoms with Crippen LogP contribution in [-0.4, -0.2) is 18.0 Å². The molecule has 4 heteroatoms. The molecule has 0 amide bonds. The Bertz CT molecular complexity index is 418. The van der Waals surface area contributed by atoms with Crippen LogP contribution in [0.1, 0.15) is 37.6 Å². The number of ketones is 1. The molecule has 0 heterocycles. The molecular formula is C13H16Cl2O2. The Morgan fingerprint density at radius 2 is 2.00 bits per heavy atom. The van der Waals surface area contributed by atoms with Crippen LogP contribution in [0, 0.1) is 0 Å². The largest absolute Gasteiger partial charge is 0.367 e. The van der Waals surface area contributed by atoms with Gasteiger partial charge in [-0.25, -0.2) is 0 Å². The Kier molecular flexibility index (Phi) is 4.99. The van der Waals surface area contributed by atoms with Gasteiger partial charge in [-0.15, -0.1) is 0 Å². The van der Waals surface area contributed by atoms with Gasteiger partial charge in [0.2, 0.25) is 0 Å². The quantitative estimate of drug-likeness (QED) is 0.745. The number of carbonyl (C=O) groups excluding carboxylic acids is 1. The summed E-state index contributed by atoms with van der Waals surface area (Å²) in [5.41, 5.74) is -0.430. The van der Waals surface area contributed by atoms with Crippen molar-refractivity contribution in [1.82, 2.24) is 0 Å². The van der Waals surface area contributed by atoms with E-state index in [0.29, 0.717) is 28.6 Å². The number of rotatable bonds is 5. The fourth-order valence-electron chi connectivity index (χ4n) is 1.61. The Balaban J connectivity index is 3.15. The third kappa shape index (κ3) is 3.01. The number of hydrogen-bond donors (Lipinski definition) is 0. The molecular weight excluding hydrogens is 259 g/mol. The van der Waals surface area contributed by atoms with Gasteiger partial charge in [0.05, 0.1) is 10.0 Å². The summed E-state index contributed by atoms with van der Waals surface area (Å²) in [6.45, 7) is 6.02. The summed E-state index contributed by atoms with van der Waals surface area (Å²) >= 11 is 11.9. The lowest BCUT2D eigenvalue weighted by Gasteiger charge is -2.27. The number of halogens is 2. The van der Waals surface area contributed by atoms with E-state index in [1.165, 1.54) is 0 Å². The first kappa shape index (κ1) is 14.5. The first-order valence-corrected chi connectivity index (χ1v) is 6.34. The third-order valence-electron chi connectivity index (χ3n) is 2.81. The second-order valence-corrected chi connectivity index (χ2v) is 4.73. The van der Waals surface area contributed by atoms with Crippen molar-refractivity contribution in [2.24, 2.45) is 0 Å². The molecule has 17 heavy (non-hydrogen) atoms. The Hall–Kier alpha value is -0.570. The summed E-state index contributed by atoms with van der Waals surface area (Å²) in [6.07, 6.45) is 0.586. The zero-order valence-corrected chi connectivity index (χ0v) is 11.7.